The van der Waals surface area contributed by atoms with Crippen LogP contribution in [0.3, 0.4) is 0 Å². The summed E-state index contributed by atoms with van der Waals surface area (Å²) < 4.78 is 10.3. The standard InChI is InChI=1S/C14H24N2O4/c1-14(11-3-4-11)13(18)16(6-5-12(17)15-14)7-8-20-10-9-19-2/h11H,3-10H2,1-2H3,(H,15,17). The fraction of sp³-hybridized carbons (Fsp3) is 0.857. The topological polar surface area (TPSA) is 67.9 Å². The Morgan fingerprint density at radius 1 is 1.30 bits per heavy atom. The van der Waals surface area contributed by atoms with Crippen LogP contribution in [0.25, 0.3) is 0 Å². The molecule has 1 aliphatic carbocycles. The Balaban J connectivity index is 1.90. The average molecular weight is 284 g/mol. The van der Waals surface area contributed by atoms with Gasteiger partial charge in [0.2, 0.25) is 11.8 Å². The SMILES string of the molecule is COCCOCCN1CCC(=O)NC(C)(C2CC2)C1=O. The molecule has 114 valence electrons. The molecule has 1 saturated heterocycles. The molecule has 1 saturated carbocycles. The number of carbonyl (C=O) groups excluding carboxylic acids is 2. The van der Waals surface area contributed by atoms with Crippen LogP contribution in [0, 0.1) is 5.92 Å². The Labute approximate surface area is 119 Å². The van der Waals surface area contributed by atoms with Gasteiger partial charge in [0.15, 0.2) is 0 Å². The van der Waals surface area contributed by atoms with E-state index in [1.165, 1.54) is 0 Å². The largest absolute Gasteiger partial charge is 0.382 e. The van der Waals surface area contributed by atoms with Crippen molar-refractivity contribution in [3.05, 3.63) is 0 Å². The number of hydrogen-bond donors (Lipinski definition) is 1. The minimum atomic E-state index is -0.722. The van der Waals surface area contributed by atoms with Crippen LogP contribution in [0.2, 0.25) is 0 Å². The first-order chi connectivity index (χ1) is 9.58. The van der Waals surface area contributed by atoms with Crippen LogP contribution in [0.4, 0.5) is 0 Å². The lowest BCUT2D eigenvalue weighted by atomic mass is 9.94. The normalized spacial score (nSPS) is 27.4. The van der Waals surface area contributed by atoms with E-state index in [-0.39, 0.29) is 17.7 Å². The first kappa shape index (κ1) is 15.3. The second-order valence-corrected chi connectivity index (χ2v) is 5.67. The summed E-state index contributed by atoms with van der Waals surface area (Å²) in [4.78, 5) is 26.2. The summed E-state index contributed by atoms with van der Waals surface area (Å²) in [6, 6.07) is 0. The maximum atomic E-state index is 12.6. The molecule has 20 heavy (non-hydrogen) atoms. The molecule has 1 heterocycles. The van der Waals surface area contributed by atoms with E-state index in [1.54, 1.807) is 12.0 Å². The van der Waals surface area contributed by atoms with E-state index in [9.17, 15) is 9.59 Å². The van der Waals surface area contributed by atoms with E-state index < -0.39 is 5.54 Å². The zero-order valence-corrected chi connectivity index (χ0v) is 12.3. The molecule has 0 aromatic carbocycles. The lowest BCUT2D eigenvalue weighted by Crippen LogP contribution is -2.57. The third-order valence-electron chi connectivity index (χ3n) is 4.07. The lowest BCUT2D eigenvalue weighted by Gasteiger charge is -2.32. The van der Waals surface area contributed by atoms with Crippen LogP contribution in [0.15, 0.2) is 0 Å². The van der Waals surface area contributed by atoms with E-state index >= 15 is 0 Å². The molecule has 1 atom stereocenters. The number of ether oxygens (including phenoxy) is 2. The molecule has 2 rings (SSSR count). The zero-order chi connectivity index (χ0) is 14.6. The van der Waals surface area contributed by atoms with Gasteiger partial charge >= 0.3 is 0 Å². The highest BCUT2D eigenvalue weighted by atomic mass is 16.5. The van der Waals surface area contributed by atoms with Crippen molar-refractivity contribution in [3.8, 4) is 0 Å². The maximum Gasteiger partial charge on any atom is 0.248 e. The van der Waals surface area contributed by atoms with Crippen LogP contribution in [-0.2, 0) is 19.1 Å². The predicted octanol–water partition coefficient (Wildman–Crippen LogP) is 0.167. The molecule has 0 aromatic heterocycles. The average Bonchev–Trinajstić information content (AvgIpc) is 3.25. The highest BCUT2D eigenvalue weighted by molar-refractivity contribution is 5.93. The molecule has 0 bridgehead atoms. The summed E-state index contributed by atoms with van der Waals surface area (Å²) in [6.45, 7) is 4.41. The number of nitrogens with one attached hydrogen (secondary N) is 1. The smallest absolute Gasteiger partial charge is 0.248 e. The predicted molar refractivity (Wildman–Crippen MR) is 73.2 cm³/mol. The van der Waals surface area contributed by atoms with Gasteiger partial charge in [-0.15, -0.1) is 0 Å². The number of hydrogen-bond acceptors (Lipinski definition) is 4. The molecule has 2 fully saturated rings. The van der Waals surface area contributed by atoms with Gasteiger partial charge in [-0.25, -0.2) is 0 Å². The van der Waals surface area contributed by atoms with E-state index in [0.29, 0.717) is 39.3 Å². The summed E-state index contributed by atoms with van der Waals surface area (Å²) in [6.07, 6.45) is 2.40. The van der Waals surface area contributed by atoms with Gasteiger partial charge in [-0.05, 0) is 25.7 Å². The van der Waals surface area contributed by atoms with Crippen molar-refractivity contribution in [3.63, 3.8) is 0 Å². The molecular formula is C14H24N2O4. The minimum Gasteiger partial charge on any atom is -0.382 e. The van der Waals surface area contributed by atoms with Crippen molar-refractivity contribution in [1.29, 1.82) is 0 Å². The van der Waals surface area contributed by atoms with Crippen molar-refractivity contribution in [2.75, 3.05) is 40.0 Å². The molecular weight excluding hydrogens is 260 g/mol. The summed E-state index contributed by atoms with van der Waals surface area (Å²) >= 11 is 0. The van der Waals surface area contributed by atoms with Crippen molar-refractivity contribution in [2.24, 2.45) is 5.92 Å². The molecule has 1 N–H and O–H groups in total. The fourth-order valence-corrected chi connectivity index (χ4v) is 2.64. The zero-order valence-electron chi connectivity index (χ0n) is 12.3. The number of rotatable bonds is 7. The van der Waals surface area contributed by atoms with Gasteiger partial charge in [0.1, 0.15) is 5.54 Å². The van der Waals surface area contributed by atoms with Gasteiger partial charge in [0.25, 0.3) is 0 Å². The number of amides is 2. The summed E-state index contributed by atoms with van der Waals surface area (Å²) in [5, 5.41) is 2.92. The number of nitrogens with zero attached hydrogens (tertiary/aromatic N) is 1. The van der Waals surface area contributed by atoms with E-state index in [4.69, 9.17) is 9.47 Å². The number of methoxy groups -OCH3 is 1. The molecule has 0 radical (unpaired) electrons. The minimum absolute atomic E-state index is 0.0289. The van der Waals surface area contributed by atoms with E-state index in [2.05, 4.69) is 5.32 Å². The maximum absolute atomic E-state index is 12.6. The lowest BCUT2D eigenvalue weighted by molar-refractivity contribution is -0.139. The van der Waals surface area contributed by atoms with E-state index in [1.807, 2.05) is 6.92 Å². The summed E-state index contributed by atoms with van der Waals surface area (Å²) in [7, 11) is 1.63. The second kappa shape index (κ2) is 6.54. The summed E-state index contributed by atoms with van der Waals surface area (Å²) in [5.74, 6) is 0.283. The van der Waals surface area contributed by atoms with Crippen molar-refractivity contribution >= 4 is 11.8 Å². The first-order valence-electron chi connectivity index (χ1n) is 7.25. The quantitative estimate of drug-likeness (QED) is 0.677. The molecule has 1 unspecified atom stereocenters. The van der Waals surface area contributed by atoms with Crippen LogP contribution in [0.5, 0.6) is 0 Å². The molecule has 2 amide bonds. The third-order valence-corrected chi connectivity index (χ3v) is 4.07. The van der Waals surface area contributed by atoms with Crippen LogP contribution >= 0.6 is 0 Å². The highest BCUT2D eigenvalue weighted by Crippen LogP contribution is 2.41. The Morgan fingerprint density at radius 3 is 2.70 bits per heavy atom. The van der Waals surface area contributed by atoms with Gasteiger partial charge in [-0.2, -0.15) is 0 Å². The van der Waals surface area contributed by atoms with E-state index in [0.717, 1.165) is 12.8 Å². The second-order valence-electron chi connectivity index (χ2n) is 5.67. The van der Waals surface area contributed by atoms with Gasteiger partial charge < -0.3 is 19.7 Å². The van der Waals surface area contributed by atoms with Gasteiger partial charge in [-0.3, -0.25) is 9.59 Å². The third kappa shape index (κ3) is 3.49. The van der Waals surface area contributed by atoms with Gasteiger partial charge in [-0.1, -0.05) is 0 Å². The highest BCUT2D eigenvalue weighted by Gasteiger charge is 2.50. The van der Waals surface area contributed by atoms with Crippen molar-refractivity contribution < 1.29 is 19.1 Å². The molecule has 2 aliphatic rings. The van der Waals surface area contributed by atoms with Gasteiger partial charge in [0, 0.05) is 26.6 Å². The monoisotopic (exact) mass is 284 g/mol. The first-order valence-corrected chi connectivity index (χ1v) is 7.25. The molecule has 0 spiro atoms. The summed E-state index contributed by atoms with van der Waals surface area (Å²) in [5.41, 5.74) is -0.722. The Kier molecular flexibility index (Phi) is 4.99. The Bertz CT molecular complexity index is 370. The molecule has 6 heteroatoms. The van der Waals surface area contributed by atoms with Crippen LogP contribution in [0.1, 0.15) is 26.2 Å². The van der Waals surface area contributed by atoms with Crippen LogP contribution in [-0.4, -0.2) is 62.3 Å². The van der Waals surface area contributed by atoms with Gasteiger partial charge in [0.05, 0.1) is 19.8 Å². The molecule has 1 aliphatic heterocycles. The van der Waals surface area contributed by atoms with Crippen molar-refractivity contribution in [2.45, 2.75) is 31.7 Å². The molecule has 6 nitrogen and oxygen atoms in total. The van der Waals surface area contributed by atoms with Crippen LogP contribution < -0.4 is 5.32 Å². The fourth-order valence-electron chi connectivity index (χ4n) is 2.64. The Hall–Kier alpha value is -1.14. The molecule has 0 aromatic rings. The van der Waals surface area contributed by atoms with Crippen molar-refractivity contribution in [1.82, 2.24) is 10.2 Å². The number of carbonyl (C=O) groups is 2. The Morgan fingerprint density at radius 2 is 2.05 bits per heavy atom.